The normalized spacial score (nSPS) is 20.0. The summed E-state index contributed by atoms with van der Waals surface area (Å²) in [5, 5.41) is 25.7. The number of rotatable bonds is 7. The zero-order valence-electron chi connectivity index (χ0n) is 16.7. The van der Waals surface area contributed by atoms with Crippen molar-refractivity contribution in [2.45, 2.75) is 51.3 Å². The molecule has 9 nitrogen and oxygen atoms in total. The highest BCUT2D eigenvalue weighted by Gasteiger charge is 2.37. The van der Waals surface area contributed by atoms with Crippen molar-refractivity contribution in [2.24, 2.45) is 5.92 Å². The fourth-order valence-corrected chi connectivity index (χ4v) is 3.89. The van der Waals surface area contributed by atoms with Gasteiger partial charge in [0.1, 0.15) is 0 Å². The summed E-state index contributed by atoms with van der Waals surface area (Å²) < 4.78 is 0. The molecule has 162 valence electrons. The lowest BCUT2D eigenvalue weighted by Gasteiger charge is -2.16. The van der Waals surface area contributed by atoms with Crippen molar-refractivity contribution < 1.29 is 24.6 Å². The number of carboxylic acid groups (broad SMARTS) is 1. The van der Waals surface area contributed by atoms with E-state index < -0.39 is 6.10 Å². The van der Waals surface area contributed by atoms with Gasteiger partial charge in [-0.3, -0.25) is 19.4 Å². The van der Waals surface area contributed by atoms with Crippen LogP contribution in [0.1, 0.15) is 35.5 Å². The van der Waals surface area contributed by atoms with E-state index in [0.29, 0.717) is 32.2 Å². The number of aliphatic hydroxyl groups is 1. The molecule has 1 aliphatic rings. The maximum absolute atomic E-state index is 12.3. The second-order valence-electron chi connectivity index (χ2n) is 6.95. The molecule has 2 amide bonds. The molecule has 3 atom stereocenters. The number of aryl methyl sites for hydroxylation is 2. The molecule has 10 heteroatoms. The number of nitrogens with one attached hydrogen (secondary N) is 2. The minimum atomic E-state index is -0.704. The van der Waals surface area contributed by atoms with E-state index in [-0.39, 0.29) is 30.2 Å². The molecule has 0 unspecified atom stereocenters. The van der Waals surface area contributed by atoms with E-state index in [0.717, 1.165) is 16.3 Å². The van der Waals surface area contributed by atoms with Crippen LogP contribution in [-0.4, -0.2) is 50.6 Å². The molecule has 0 radical (unpaired) electrons. The number of nitrogens with zero attached hydrogens (tertiary/aromatic N) is 2. The third kappa shape index (κ3) is 7.53. The molecule has 2 aromatic heterocycles. The van der Waals surface area contributed by atoms with Gasteiger partial charge in [0.25, 0.3) is 6.47 Å². The first-order valence-corrected chi connectivity index (χ1v) is 10.4. The highest BCUT2D eigenvalue weighted by Crippen LogP contribution is 2.26. The Morgan fingerprint density at radius 2 is 2.13 bits per heavy atom. The van der Waals surface area contributed by atoms with Gasteiger partial charge in [-0.25, -0.2) is 4.98 Å². The zero-order valence-corrected chi connectivity index (χ0v) is 17.5. The largest absolute Gasteiger partial charge is 0.483 e. The van der Waals surface area contributed by atoms with Gasteiger partial charge < -0.3 is 20.8 Å². The second-order valence-corrected chi connectivity index (χ2v) is 8.01. The van der Waals surface area contributed by atoms with Crippen LogP contribution in [0.4, 0.5) is 0 Å². The summed E-state index contributed by atoms with van der Waals surface area (Å²) in [6, 6.07) is 3.38. The highest BCUT2D eigenvalue weighted by atomic mass is 32.1. The molecule has 0 spiro atoms. The first-order chi connectivity index (χ1) is 14.4. The van der Waals surface area contributed by atoms with Gasteiger partial charge >= 0.3 is 0 Å². The Morgan fingerprint density at radius 3 is 2.77 bits per heavy atom. The Balaban J connectivity index is 0.00000101. The van der Waals surface area contributed by atoms with Crippen LogP contribution in [0.3, 0.4) is 0 Å². The van der Waals surface area contributed by atoms with Crippen LogP contribution in [0.15, 0.2) is 29.9 Å². The van der Waals surface area contributed by atoms with Crippen molar-refractivity contribution in [3.63, 3.8) is 0 Å². The number of amides is 2. The van der Waals surface area contributed by atoms with E-state index >= 15 is 0 Å². The number of carbonyl (C=O) groups is 3. The average molecular weight is 435 g/mol. The fourth-order valence-electron chi connectivity index (χ4n) is 3.28. The smallest absolute Gasteiger partial charge is 0.290 e. The second kappa shape index (κ2) is 12.0. The lowest BCUT2D eigenvalue weighted by atomic mass is 10.1. The molecule has 30 heavy (non-hydrogen) atoms. The Morgan fingerprint density at radius 1 is 1.37 bits per heavy atom. The van der Waals surface area contributed by atoms with Crippen molar-refractivity contribution in [3.05, 3.63) is 46.2 Å². The molecule has 4 N–H and O–H groups in total. The standard InChI is InChI=1S/C19H24N4O3S.CH2O2/c1-12-22-15(11-27-12)10-21-19(26)14-7-16(17(24)8-14)23-18(25)5-4-13-3-2-6-20-9-13;2-1-3/h2-3,6,9,11,14,16-17,24H,4-5,7-8,10H2,1H3,(H,21,26)(H,23,25);1H,(H,2,3)/t14-,16+,17+;/m0./s1. The number of carbonyl (C=O) groups excluding carboxylic acids is 2. The van der Waals surface area contributed by atoms with Crippen LogP contribution < -0.4 is 10.6 Å². The van der Waals surface area contributed by atoms with E-state index in [2.05, 4.69) is 20.6 Å². The minimum absolute atomic E-state index is 0.105. The summed E-state index contributed by atoms with van der Waals surface area (Å²) >= 11 is 1.55. The summed E-state index contributed by atoms with van der Waals surface area (Å²) in [5.74, 6) is -0.530. The molecule has 1 fully saturated rings. The lowest BCUT2D eigenvalue weighted by Crippen LogP contribution is -2.40. The Bertz CT molecular complexity index is 830. The third-order valence-corrected chi connectivity index (χ3v) is 5.54. The quantitative estimate of drug-likeness (QED) is 0.477. The van der Waals surface area contributed by atoms with Crippen LogP contribution in [0, 0.1) is 12.8 Å². The molecular weight excluding hydrogens is 408 g/mol. The first kappa shape index (κ1) is 23.4. The molecule has 3 rings (SSSR count). The van der Waals surface area contributed by atoms with Crippen molar-refractivity contribution in [1.82, 2.24) is 20.6 Å². The first-order valence-electron chi connectivity index (χ1n) is 9.55. The summed E-state index contributed by atoms with van der Waals surface area (Å²) in [4.78, 5) is 41.2. The highest BCUT2D eigenvalue weighted by molar-refractivity contribution is 7.09. The van der Waals surface area contributed by atoms with Crippen LogP contribution in [-0.2, 0) is 27.3 Å². The Labute approximate surface area is 178 Å². The van der Waals surface area contributed by atoms with E-state index in [9.17, 15) is 14.7 Å². The van der Waals surface area contributed by atoms with Gasteiger partial charge in [-0.15, -0.1) is 11.3 Å². The number of thiazole rings is 1. The van der Waals surface area contributed by atoms with Crippen molar-refractivity contribution >= 4 is 29.6 Å². The lowest BCUT2D eigenvalue weighted by molar-refractivity contribution is -0.125. The minimum Gasteiger partial charge on any atom is -0.483 e. The molecule has 0 aliphatic heterocycles. The van der Waals surface area contributed by atoms with Gasteiger partial charge in [-0.2, -0.15) is 0 Å². The van der Waals surface area contributed by atoms with Crippen LogP contribution in [0.25, 0.3) is 0 Å². The van der Waals surface area contributed by atoms with Crippen LogP contribution >= 0.6 is 11.3 Å². The van der Waals surface area contributed by atoms with Gasteiger partial charge in [0.15, 0.2) is 0 Å². The predicted octanol–water partition coefficient (Wildman–Crippen LogP) is 1.05. The third-order valence-electron chi connectivity index (χ3n) is 4.72. The molecule has 1 saturated carbocycles. The zero-order chi connectivity index (χ0) is 21.9. The molecular formula is C20H26N4O5S. The summed E-state index contributed by atoms with van der Waals surface area (Å²) in [7, 11) is 0. The number of aromatic nitrogens is 2. The van der Waals surface area contributed by atoms with Crippen molar-refractivity contribution in [3.8, 4) is 0 Å². The molecule has 0 aromatic carbocycles. The predicted molar refractivity (Wildman–Crippen MR) is 111 cm³/mol. The molecule has 0 saturated heterocycles. The SMILES string of the molecule is Cc1nc(CNC(=O)[C@@H]2C[C@@H](O)[C@H](NC(=O)CCc3cccnc3)C2)cs1.O=CO. The van der Waals surface area contributed by atoms with Crippen molar-refractivity contribution in [1.29, 1.82) is 0 Å². The van der Waals surface area contributed by atoms with Crippen LogP contribution in [0.2, 0.25) is 0 Å². The van der Waals surface area contributed by atoms with Gasteiger partial charge in [0.05, 0.1) is 29.4 Å². The van der Waals surface area contributed by atoms with E-state index in [1.54, 1.807) is 23.7 Å². The van der Waals surface area contributed by atoms with E-state index in [4.69, 9.17) is 9.90 Å². The van der Waals surface area contributed by atoms with Gasteiger partial charge in [-0.1, -0.05) is 6.07 Å². The topological polar surface area (TPSA) is 142 Å². The summed E-state index contributed by atoms with van der Waals surface area (Å²) in [6.07, 6.45) is 4.46. The fraction of sp³-hybridized carbons (Fsp3) is 0.450. The van der Waals surface area contributed by atoms with Gasteiger partial charge in [-0.05, 0) is 37.8 Å². The van der Waals surface area contributed by atoms with Crippen molar-refractivity contribution in [2.75, 3.05) is 0 Å². The summed E-state index contributed by atoms with van der Waals surface area (Å²) in [6.45, 7) is 2.06. The van der Waals surface area contributed by atoms with Gasteiger partial charge in [0.2, 0.25) is 11.8 Å². The number of hydrogen-bond acceptors (Lipinski definition) is 7. The van der Waals surface area contributed by atoms with Crippen LogP contribution in [0.5, 0.6) is 0 Å². The average Bonchev–Trinajstić information content (AvgIpc) is 3.31. The number of hydrogen-bond donors (Lipinski definition) is 4. The number of aliphatic hydroxyl groups excluding tert-OH is 1. The molecule has 2 heterocycles. The summed E-state index contributed by atoms with van der Waals surface area (Å²) in [5.41, 5.74) is 1.83. The molecule has 1 aliphatic carbocycles. The maximum atomic E-state index is 12.3. The Hall–Kier alpha value is -2.85. The van der Waals surface area contributed by atoms with Gasteiger partial charge in [0, 0.05) is 30.1 Å². The van der Waals surface area contributed by atoms with E-state index in [1.807, 2.05) is 24.4 Å². The molecule has 0 bridgehead atoms. The number of pyridine rings is 1. The maximum Gasteiger partial charge on any atom is 0.290 e. The monoisotopic (exact) mass is 434 g/mol. The van der Waals surface area contributed by atoms with E-state index in [1.165, 1.54) is 0 Å². The Kier molecular flexibility index (Phi) is 9.36. The molecule has 2 aromatic rings.